The van der Waals surface area contributed by atoms with Crippen LogP contribution in [0.2, 0.25) is 0 Å². The molecule has 0 aliphatic rings. The van der Waals surface area contributed by atoms with E-state index in [2.05, 4.69) is 43.4 Å². The van der Waals surface area contributed by atoms with E-state index in [1.807, 2.05) is 0 Å². The Balaban J connectivity index is 2.58. The van der Waals surface area contributed by atoms with Crippen LogP contribution >= 0.6 is 11.3 Å². The van der Waals surface area contributed by atoms with Crippen molar-refractivity contribution >= 4 is 16.5 Å². The van der Waals surface area contributed by atoms with E-state index in [0.29, 0.717) is 12.0 Å². The fourth-order valence-corrected chi connectivity index (χ4v) is 2.24. The van der Waals surface area contributed by atoms with Crippen LogP contribution in [0.4, 0.5) is 5.13 Å². The van der Waals surface area contributed by atoms with Gasteiger partial charge in [0.15, 0.2) is 5.13 Å². The van der Waals surface area contributed by atoms with Crippen molar-refractivity contribution in [3.63, 3.8) is 0 Å². The van der Waals surface area contributed by atoms with Gasteiger partial charge in [0.2, 0.25) is 0 Å². The lowest BCUT2D eigenvalue weighted by atomic mass is 10.2. The minimum atomic E-state index is 0.531. The smallest absolute Gasteiger partial charge is 0.183 e. The quantitative estimate of drug-likeness (QED) is 0.801. The molecule has 3 heteroatoms. The molecule has 0 amide bonds. The van der Waals surface area contributed by atoms with Crippen molar-refractivity contribution in [2.75, 3.05) is 5.32 Å². The highest BCUT2D eigenvalue weighted by molar-refractivity contribution is 7.13. The average Bonchev–Trinajstić information content (AvgIpc) is 2.62. The molecule has 1 aromatic rings. The van der Waals surface area contributed by atoms with Crippen molar-refractivity contribution in [3.05, 3.63) is 11.1 Å². The summed E-state index contributed by atoms with van der Waals surface area (Å²) in [5.41, 5.74) is 1.20. The third-order valence-electron chi connectivity index (χ3n) is 2.43. The molecule has 0 atom stereocenters. The molecular formula is C11H20N2S. The molecule has 1 aromatic heterocycles. The number of rotatable bonds is 5. The van der Waals surface area contributed by atoms with Crippen LogP contribution in [-0.2, 0) is 0 Å². The van der Waals surface area contributed by atoms with Gasteiger partial charge in [0.05, 0.1) is 5.69 Å². The first-order valence-corrected chi connectivity index (χ1v) is 6.27. The minimum absolute atomic E-state index is 0.531. The summed E-state index contributed by atoms with van der Waals surface area (Å²) in [4.78, 5) is 4.55. The summed E-state index contributed by atoms with van der Waals surface area (Å²) in [5.74, 6) is 0.531. The van der Waals surface area contributed by atoms with Crippen molar-refractivity contribution in [2.45, 2.75) is 52.5 Å². The van der Waals surface area contributed by atoms with Gasteiger partial charge in [-0.3, -0.25) is 0 Å². The number of anilines is 1. The van der Waals surface area contributed by atoms with E-state index in [4.69, 9.17) is 0 Å². The summed E-state index contributed by atoms with van der Waals surface area (Å²) in [5, 5.41) is 6.68. The van der Waals surface area contributed by atoms with E-state index in [1.54, 1.807) is 11.3 Å². The Morgan fingerprint density at radius 1 is 1.36 bits per heavy atom. The number of nitrogens with zero attached hydrogens (tertiary/aromatic N) is 1. The Kier molecular flexibility index (Phi) is 4.39. The van der Waals surface area contributed by atoms with Crippen LogP contribution in [0, 0.1) is 0 Å². The number of hydrogen-bond acceptors (Lipinski definition) is 3. The molecule has 2 nitrogen and oxygen atoms in total. The van der Waals surface area contributed by atoms with Crippen LogP contribution in [0.5, 0.6) is 0 Å². The maximum absolute atomic E-state index is 4.55. The molecule has 14 heavy (non-hydrogen) atoms. The largest absolute Gasteiger partial charge is 0.359 e. The molecule has 0 unspecified atom stereocenters. The van der Waals surface area contributed by atoms with E-state index in [-0.39, 0.29) is 0 Å². The lowest BCUT2D eigenvalue weighted by Crippen LogP contribution is -2.16. The summed E-state index contributed by atoms with van der Waals surface area (Å²) in [6.07, 6.45) is 2.32. The Bertz CT molecular complexity index is 264. The highest BCUT2D eigenvalue weighted by Crippen LogP contribution is 2.22. The van der Waals surface area contributed by atoms with Gasteiger partial charge in [-0.1, -0.05) is 27.7 Å². The standard InChI is InChI=1S/C11H20N2S/c1-5-9(6-2)12-11-13-10(7-14-11)8(3)4/h7-9H,5-6H2,1-4H3,(H,12,13). The average molecular weight is 212 g/mol. The first kappa shape index (κ1) is 11.5. The lowest BCUT2D eigenvalue weighted by Gasteiger charge is -2.13. The molecule has 1 rings (SSSR count). The van der Waals surface area contributed by atoms with Gasteiger partial charge in [0, 0.05) is 11.4 Å². The number of thiazole rings is 1. The normalized spacial score (nSPS) is 11.3. The van der Waals surface area contributed by atoms with Gasteiger partial charge in [-0.25, -0.2) is 4.98 Å². The Morgan fingerprint density at radius 2 is 2.00 bits per heavy atom. The van der Waals surface area contributed by atoms with Crippen LogP contribution < -0.4 is 5.32 Å². The molecule has 1 heterocycles. The third kappa shape index (κ3) is 2.98. The summed E-state index contributed by atoms with van der Waals surface area (Å²) < 4.78 is 0. The van der Waals surface area contributed by atoms with Crippen LogP contribution in [0.1, 0.15) is 52.1 Å². The van der Waals surface area contributed by atoms with Gasteiger partial charge in [-0.15, -0.1) is 11.3 Å². The third-order valence-corrected chi connectivity index (χ3v) is 3.22. The second kappa shape index (κ2) is 5.35. The molecule has 0 aromatic carbocycles. The first-order chi connectivity index (χ1) is 6.67. The summed E-state index contributed by atoms with van der Waals surface area (Å²) in [6, 6.07) is 0.571. The van der Waals surface area contributed by atoms with E-state index >= 15 is 0 Å². The lowest BCUT2D eigenvalue weighted by molar-refractivity contribution is 0.670. The summed E-state index contributed by atoms with van der Waals surface area (Å²) >= 11 is 1.71. The van der Waals surface area contributed by atoms with Gasteiger partial charge in [-0.2, -0.15) is 0 Å². The monoisotopic (exact) mass is 212 g/mol. The molecule has 0 saturated carbocycles. The van der Waals surface area contributed by atoms with Gasteiger partial charge >= 0.3 is 0 Å². The van der Waals surface area contributed by atoms with E-state index in [0.717, 1.165) is 18.0 Å². The zero-order valence-corrected chi connectivity index (χ0v) is 10.3. The maximum atomic E-state index is 4.55. The topological polar surface area (TPSA) is 24.9 Å². The molecule has 0 bridgehead atoms. The number of aromatic nitrogens is 1. The SMILES string of the molecule is CCC(CC)Nc1nc(C(C)C)cs1. The van der Waals surface area contributed by atoms with Crippen molar-refractivity contribution in [3.8, 4) is 0 Å². The van der Waals surface area contributed by atoms with Crippen molar-refractivity contribution in [1.29, 1.82) is 0 Å². The molecule has 80 valence electrons. The van der Waals surface area contributed by atoms with Crippen molar-refractivity contribution in [2.24, 2.45) is 0 Å². The van der Waals surface area contributed by atoms with Crippen molar-refractivity contribution in [1.82, 2.24) is 4.98 Å². The second-order valence-corrected chi connectivity index (χ2v) is 4.75. The van der Waals surface area contributed by atoms with E-state index in [1.165, 1.54) is 5.69 Å². The zero-order valence-electron chi connectivity index (χ0n) is 9.50. The highest BCUT2D eigenvalue weighted by Gasteiger charge is 2.08. The summed E-state index contributed by atoms with van der Waals surface area (Å²) in [6.45, 7) is 8.77. The molecule has 0 radical (unpaired) electrons. The Morgan fingerprint density at radius 3 is 2.43 bits per heavy atom. The van der Waals surface area contributed by atoms with Crippen molar-refractivity contribution < 1.29 is 0 Å². The molecular weight excluding hydrogens is 192 g/mol. The second-order valence-electron chi connectivity index (χ2n) is 3.89. The van der Waals surface area contributed by atoms with Crippen LogP contribution in [0.15, 0.2) is 5.38 Å². The molecule has 0 spiro atoms. The minimum Gasteiger partial charge on any atom is -0.359 e. The molecule has 0 aliphatic carbocycles. The number of nitrogens with one attached hydrogen (secondary N) is 1. The van der Waals surface area contributed by atoms with Crippen LogP contribution in [-0.4, -0.2) is 11.0 Å². The van der Waals surface area contributed by atoms with Gasteiger partial charge in [-0.05, 0) is 18.8 Å². The maximum Gasteiger partial charge on any atom is 0.183 e. The fourth-order valence-electron chi connectivity index (χ4n) is 1.29. The zero-order chi connectivity index (χ0) is 10.6. The molecule has 1 N–H and O–H groups in total. The fraction of sp³-hybridized carbons (Fsp3) is 0.727. The Hall–Kier alpha value is -0.570. The van der Waals surface area contributed by atoms with E-state index in [9.17, 15) is 0 Å². The predicted molar refractivity (Wildman–Crippen MR) is 64.2 cm³/mol. The number of hydrogen-bond donors (Lipinski definition) is 1. The molecule has 0 aliphatic heterocycles. The van der Waals surface area contributed by atoms with Crippen LogP contribution in [0.3, 0.4) is 0 Å². The van der Waals surface area contributed by atoms with E-state index < -0.39 is 0 Å². The van der Waals surface area contributed by atoms with Gasteiger partial charge in [0.1, 0.15) is 0 Å². The first-order valence-electron chi connectivity index (χ1n) is 5.39. The highest BCUT2D eigenvalue weighted by atomic mass is 32.1. The van der Waals surface area contributed by atoms with Crippen LogP contribution in [0.25, 0.3) is 0 Å². The Labute approximate surface area is 90.8 Å². The predicted octanol–water partition coefficient (Wildman–Crippen LogP) is 3.87. The summed E-state index contributed by atoms with van der Waals surface area (Å²) in [7, 11) is 0. The van der Waals surface area contributed by atoms with Gasteiger partial charge in [0.25, 0.3) is 0 Å². The van der Waals surface area contributed by atoms with Gasteiger partial charge < -0.3 is 5.32 Å². The molecule has 0 fully saturated rings. The molecule has 0 saturated heterocycles.